The molecule has 96 valence electrons. The van der Waals surface area contributed by atoms with E-state index in [1.54, 1.807) is 12.1 Å². The maximum absolute atomic E-state index is 13.3. The van der Waals surface area contributed by atoms with Crippen molar-refractivity contribution in [2.45, 2.75) is 12.8 Å². The molecule has 1 aromatic carbocycles. The molecule has 0 aliphatic rings. The van der Waals surface area contributed by atoms with Gasteiger partial charge in [0, 0.05) is 10.9 Å². The number of nitrogens with one attached hydrogen (secondary N) is 2. The number of hydrogen-bond acceptors (Lipinski definition) is 2. The normalized spacial score (nSPS) is 9.59. The highest BCUT2D eigenvalue weighted by atomic mass is 79.9. The summed E-state index contributed by atoms with van der Waals surface area (Å²) in [6, 6.07) is 4.45. The molecule has 6 heteroatoms. The lowest BCUT2D eigenvalue weighted by Gasteiger charge is -2.06. The van der Waals surface area contributed by atoms with Gasteiger partial charge < -0.3 is 10.6 Å². The first-order valence-corrected chi connectivity index (χ1v) is 5.82. The summed E-state index contributed by atoms with van der Waals surface area (Å²) in [4.78, 5) is 11.4. The van der Waals surface area contributed by atoms with Gasteiger partial charge in [-0.2, -0.15) is 0 Å². The molecule has 0 atom stereocenters. The molecule has 0 bridgehead atoms. The van der Waals surface area contributed by atoms with Crippen molar-refractivity contribution in [3.63, 3.8) is 0 Å². The van der Waals surface area contributed by atoms with Gasteiger partial charge in [-0.15, -0.1) is 12.4 Å². The predicted molar refractivity (Wildman–Crippen MR) is 73.1 cm³/mol. The van der Waals surface area contributed by atoms with Crippen molar-refractivity contribution in [3.05, 3.63) is 28.5 Å². The van der Waals surface area contributed by atoms with Gasteiger partial charge in [0.15, 0.2) is 0 Å². The molecule has 0 radical (unpaired) electrons. The van der Waals surface area contributed by atoms with E-state index >= 15 is 0 Å². The average molecular weight is 326 g/mol. The van der Waals surface area contributed by atoms with Crippen LogP contribution in [0.1, 0.15) is 12.8 Å². The Balaban J connectivity index is 0.00000256. The Labute approximate surface area is 115 Å². The van der Waals surface area contributed by atoms with Crippen molar-refractivity contribution in [1.29, 1.82) is 0 Å². The van der Waals surface area contributed by atoms with E-state index in [9.17, 15) is 9.18 Å². The van der Waals surface area contributed by atoms with Gasteiger partial charge in [-0.05, 0) is 38.2 Å². The van der Waals surface area contributed by atoms with E-state index < -0.39 is 5.82 Å². The predicted octanol–water partition coefficient (Wildman–Crippen LogP) is 2.95. The fraction of sp³-hybridized carbons (Fsp3) is 0.364. The number of rotatable bonds is 5. The van der Waals surface area contributed by atoms with E-state index in [4.69, 9.17) is 0 Å². The third-order valence-corrected chi connectivity index (χ3v) is 2.53. The van der Waals surface area contributed by atoms with Crippen LogP contribution in [-0.2, 0) is 4.79 Å². The Kier molecular flexibility index (Phi) is 8.12. The Bertz CT molecular complexity index is 376. The van der Waals surface area contributed by atoms with E-state index in [0.29, 0.717) is 6.42 Å². The van der Waals surface area contributed by atoms with Crippen LogP contribution in [0.2, 0.25) is 0 Å². The topological polar surface area (TPSA) is 41.1 Å². The van der Waals surface area contributed by atoms with E-state index in [1.807, 2.05) is 7.05 Å². The molecule has 0 unspecified atom stereocenters. The highest BCUT2D eigenvalue weighted by Gasteiger charge is 2.06. The summed E-state index contributed by atoms with van der Waals surface area (Å²) in [5.74, 6) is -0.600. The van der Waals surface area contributed by atoms with E-state index in [2.05, 4.69) is 26.6 Å². The third-order valence-electron chi connectivity index (χ3n) is 2.03. The first-order chi connectivity index (χ1) is 7.63. The van der Waals surface area contributed by atoms with E-state index in [-0.39, 0.29) is 24.0 Å². The second kappa shape index (κ2) is 8.44. The summed E-state index contributed by atoms with van der Waals surface area (Å²) in [6.07, 6.45) is 1.12. The second-order valence-corrected chi connectivity index (χ2v) is 4.30. The maximum Gasteiger partial charge on any atom is 0.224 e. The molecule has 0 saturated heterocycles. The van der Waals surface area contributed by atoms with Gasteiger partial charge in [0.1, 0.15) is 5.82 Å². The molecule has 0 fully saturated rings. The highest BCUT2D eigenvalue weighted by molar-refractivity contribution is 9.10. The molecule has 0 aromatic heterocycles. The molecule has 0 spiro atoms. The fourth-order valence-electron chi connectivity index (χ4n) is 1.23. The first-order valence-electron chi connectivity index (χ1n) is 5.03. The van der Waals surface area contributed by atoms with Gasteiger partial charge in [0.2, 0.25) is 5.91 Å². The van der Waals surface area contributed by atoms with Crippen LogP contribution < -0.4 is 10.6 Å². The summed E-state index contributed by atoms with van der Waals surface area (Å²) in [5.41, 5.74) is 0.212. The van der Waals surface area contributed by atoms with Crippen LogP contribution in [0, 0.1) is 5.82 Å². The van der Waals surface area contributed by atoms with Crippen molar-refractivity contribution in [2.75, 3.05) is 18.9 Å². The van der Waals surface area contributed by atoms with E-state index in [0.717, 1.165) is 17.4 Å². The van der Waals surface area contributed by atoms with Crippen molar-refractivity contribution >= 4 is 39.9 Å². The summed E-state index contributed by atoms with van der Waals surface area (Å²) in [6.45, 7) is 0.772. The molecule has 1 rings (SSSR count). The van der Waals surface area contributed by atoms with Crippen LogP contribution in [0.15, 0.2) is 22.7 Å². The number of benzene rings is 1. The highest BCUT2D eigenvalue weighted by Crippen LogP contribution is 2.20. The average Bonchev–Trinajstić information content (AvgIpc) is 2.24. The van der Waals surface area contributed by atoms with Crippen LogP contribution in [0.25, 0.3) is 0 Å². The molecule has 1 aromatic rings. The van der Waals surface area contributed by atoms with Gasteiger partial charge in [-0.3, -0.25) is 4.79 Å². The molecule has 0 heterocycles. The van der Waals surface area contributed by atoms with Crippen LogP contribution in [0.4, 0.5) is 10.1 Å². The summed E-state index contributed by atoms with van der Waals surface area (Å²) >= 11 is 3.22. The molecular formula is C11H15BrClFN2O. The molecule has 1 amide bonds. The number of amides is 1. The third kappa shape index (κ3) is 6.00. The van der Waals surface area contributed by atoms with Crippen LogP contribution in [0.3, 0.4) is 0 Å². The summed E-state index contributed by atoms with van der Waals surface area (Å²) in [7, 11) is 1.83. The molecule has 0 saturated carbocycles. The van der Waals surface area contributed by atoms with Crippen LogP contribution in [0.5, 0.6) is 0 Å². The molecule has 0 aliphatic heterocycles. The number of anilines is 1. The zero-order valence-corrected chi connectivity index (χ0v) is 11.8. The smallest absolute Gasteiger partial charge is 0.224 e. The fourth-order valence-corrected chi connectivity index (χ4v) is 1.59. The minimum absolute atomic E-state index is 0. The minimum atomic E-state index is -0.426. The molecule has 17 heavy (non-hydrogen) atoms. The number of halogens is 3. The summed E-state index contributed by atoms with van der Waals surface area (Å²) < 4.78 is 14.0. The largest absolute Gasteiger partial charge is 0.324 e. The Morgan fingerprint density at radius 2 is 2.18 bits per heavy atom. The SMILES string of the molecule is CNCCCC(=O)Nc1cc(Br)ccc1F.Cl. The standard InChI is InChI=1S/C11H14BrFN2O.ClH/c1-14-6-2-3-11(16)15-10-7-8(12)4-5-9(10)13;/h4-5,7,14H,2-3,6H2,1H3,(H,15,16);1H. The van der Waals surface area contributed by atoms with E-state index in [1.165, 1.54) is 6.07 Å². The van der Waals surface area contributed by atoms with Crippen molar-refractivity contribution < 1.29 is 9.18 Å². The molecule has 3 nitrogen and oxygen atoms in total. The van der Waals surface area contributed by atoms with Gasteiger partial charge in [0.25, 0.3) is 0 Å². The molecular weight excluding hydrogens is 310 g/mol. The number of carbonyl (C=O) groups is 1. The first kappa shape index (κ1) is 16.4. The molecule has 0 aliphatic carbocycles. The van der Waals surface area contributed by atoms with Gasteiger partial charge >= 0.3 is 0 Å². The Morgan fingerprint density at radius 1 is 1.47 bits per heavy atom. The van der Waals surface area contributed by atoms with Crippen molar-refractivity contribution in [1.82, 2.24) is 5.32 Å². The summed E-state index contributed by atoms with van der Waals surface area (Å²) in [5, 5.41) is 5.48. The number of carbonyl (C=O) groups excluding carboxylic acids is 1. The van der Waals surface area contributed by atoms with Gasteiger partial charge in [0.05, 0.1) is 5.69 Å². The minimum Gasteiger partial charge on any atom is -0.324 e. The zero-order valence-electron chi connectivity index (χ0n) is 9.43. The van der Waals surface area contributed by atoms with Crippen LogP contribution in [-0.4, -0.2) is 19.5 Å². The van der Waals surface area contributed by atoms with Crippen molar-refractivity contribution in [3.8, 4) is 0 Å². The monoisotopic (exact) mass is 324 g/mol. The Hall–Kier alpha value is -0.650. The lowest BCUT2D eigenvalue weighted by Crippen LogP contribution is -2.15. The zero-order chi connectivity index (χ0) is 12.0. The van der Waals surface area contributed by atoms with Crippen molar-refractivity contribution in [2.24, 2.45) is 0 Å². The maximum atomic E-state index is 13.3. The van der Waals surface area contributed by atoms with Crippen LogP contribution >= 0.6 is 28.3 Å². The lowest BCUT2D eigenvalue weighted by molar-refractivity contribution is -0.116. The van der Waals surface area contributed by atoms with Gasteiger partial charge in [-0.25, -0.2) is 4.39 Å². The van der Waals surface area contributed by atoms with Gasteiger partial charge in [-0.1, -0.05) is 15.9 Å². The Morgan fingerprint density at radius 3 is 2.82 bits per heavy atom. The second-order valence-electron chi connectivity index (χ2n) is 3.38. The number of hydrogen-bond donors (Lipinski definition) is 2. The quantitative estimate of drug-likeness (QED) is 0.817. The molecule has 2 N–H and O–H groups in total. The lowest BCUT2D eigenvalue weighted by atomic mass is 10.2.